The summed E-state index contributed by atoms with van der Waals surface area (Å²) in [5, 5.41) is 0. The molecule has 1 saturated heterocycles. The number of carbonyl (C=O) groups excluding carboxylic acids is 1. The molecule has 0 unspecified atom stereocenters. The van der Waals surface area contributed by atoms with Crippen molar-refractivity contribution in [2.45, 2.75) is 18.6 Å². The molecule has 0 N–H and O–H groups in total. The van der Waals surface area contributed by atoms with E-state index in [2.05, 4.69) is 0 Å². The summed E-state index contributed by atoms with van der Waals surface area (Å²) in [6.07, 6.45) is 1.12. The summed E-state index contributed by atoms with van der Waals surface area (Å²) in [5.74, 6) is -0.0733. The van der Waals surface area contributed by atoms with Crippen LogP contribution in [0.15, 0.2) is 60.7 Å². The van der Waals surface area contributed by atoms with Gasteiger partial charge >= 0.3 is 0 Å². The van der Waals surface area contributed by atoms with Gasteiger partial charge in [-0.3, -0.25) is 4.79 Å². The number of benzene rings is 2. The summed E-state index contributed by atoms with van der Waals surface area (Å²) in [4.78, 5) is 14.4. The van der Waals surface area contributed by atoms with Gasteiger partial charge < -0.3 is 4.90 Å². The third kappa shape index (κ3) is 4.31. The van der Waals surface area contributed by atoms with Crippen molar-refractivity contribution in [2.75, 3.05) is 25.0 Å². The molecule has 138 valence electrons. The lowest BCUT2D eigenvalue weighted by Crippen LogP contribution is -2.43. The molecular weight excluding hydrogens is 348 g/mol. The molecular formula is C20H24N2O3S. The van der Waals surface area contributed by atoms with Crippen molar-refractivity contribution >= 4 is 21.6 Å². The van der Waals surface area contributed by atoms with E-state index in [-0.39, 0.29) is 17.6 Å². The Hall–Kier alpha value is -2.18. The molecule has 0 saturated carbocycles. The first-order valence-corrected chi connectivity index (χ1v) is 10.4. The predicted molar refractivity (Wildman–Crippen MR) is 103 cm³/mol. The second-order valence-electron chi connectivity index (χ2n) is 6.65. The van der Waals surface area contributed by atoms with Crippen molar-refractivity contribution in [3.8, 4) is 0 Å². The van der Waals surface area contributed by atoms with Crippen molar-refractivity contribution in [2.24, 2.45) is 5.92 Å². The predicted octanol–water partition coefficient (Wildman–Crippen LogP) is 2.89. The van der Waals surface area contributed by atoms with E-state index < -0.39 is 10.0 Å². The highest BCUT2D eigenvalue weighted by atomic mass is 32.2. The zero-order valence-corrected chi connectivity index (χ0v) is 15.7. The molecule has 26 heavy (non-hydrogen) atoms. The van der Waals surface area contributed by atoms with Gasteiger partial charge in [0.1, 0.15) is 0 Å². The Morgan fingerprint density at radius 3 is 2.12 bits per heavy atom. The van der Waals surface area contributed by atoms with Crippen molar-refractivity contribution in [1.29, 1.82) is 0 Å². The van der Waals surface area contributed by atoms with Crippen LogP contribution in [0.4, 0.5) is 5.69 Å². The summed E-state index contributed by atoms with van der Waals surface area (Å²) in [5.41, 5.74) is 1.64. The Morgan fingerprint density at radius 1 is 1.00 bits per heavy atom. The van der Waals surface area contributed by atoms with Crippen LogP contribution < -0.4 is 4.90 Å². The Balaban J connectivity index is 1.59. The molecule has 0 aliphatic carbocycles. The average molecular weight is 372 g/mol. The van der Waals surface area contributed by atoms with E-state index in [0.717, 1.165) is 11.3 Å². The second-order valence-corrected chi connectivity index (χ2v) is 8.62. The van der Waals surface area contributed by atoms with Crippen LogP contribution in [0.5, 0.6) is 0 Å². The van der Waals surface area contributed by atoms with E-state index >= 15 is 0 Å². The number of carbonyl (C=O) groups is 1. The van der Waals surface area contributed by atoms with E-state index in [9.17, 15) is 13.2 Å². The van der Waals surface area contributed by atoms with Gasteiger partial charge in [0.2, 0.25) is 15.9 Å². The number of hydrogen-bond acceptors (Lipinski definition) is 3. The molecule has 1 aliphatic heterocycles. The second kappa shape index (κ2) is 8.01. The summed E-state index contributed by atoms with van der Waals surface area (Å²) >= 11 is 0. The topological polar surface area (TPSA) is 57.7 Å². The molecule has 0 aromatic heterocycles. The van der Waals surface area contributed by atoms with Gasteiger partial charge in [-0.1, -0.05) is 48.5 Å². The van der Waals surface area contributed by atoms with Gasteiger partial charge in [-0.2, -0.15) is 0 Å². The first kappa shape index (κ1) is 18.6. The Kier molecular flexibility index (Phi) is 5.74. The summed E-state index contributed by atoms with van der Waals surface area (Å²) in [6.45, 7) is 0.794. The highest BCUT2D eigenvalue weighted by Gasteiger charge is 2.32. The van der Waals surface area contributed by atoms with Crippen molar-refractivity contribution in [3.05, 3.63) is 66.2 Å². The minimum absolute atomic E-state index is 0.0103. The summed E-state index contributed by atoms with van der Waals surface area (Å²) < 4.78 is 26.8. The van der Waals surface area contributed by atoms with Crippen LogP contribution in [0.1, 0.15) is 18.4 Å². The number of nitrogens with zero attached hydrogens (tertiary/aromatic N) is 2. The van der Waals surface area contributed by atoms with Crippen LogP contribution in [0.25, 0.3) is 0 Å². The number of anilines is 1. The Morgan fingerprint density at radius 2 is 1.54 bits per heavy atom. The number of hydrogen-bond donors (Lipinski definition) is 0. The van der Waals surface area contributed by atoms with Crippen molar-refractivity contribution in [1.82, 2.24) is 4.31 Å². The monoisotopic (exact) mass is 372 g/mol. The molecule has 1 aliphatic rings. The lowest BCUT2D eigenvalue weighted by molar-refractivity contribution is -0.123. The maximum absolute atomic E-state index is 12.7. The summed E-state index contributed by atoms with van der Waals surface area (Å²) in [7, 11) is -1.58. The van der Waals surface area contributed by atoms with Crippen LogP contribution in [0, 0.1) is 5.92 Å². The number of amides is 1. The third-order valence-electron chi connectivity index (χ3n) is 4.86. The normalized spacial score (nSPS) is 16.3. The molecule has 5 nitrogen and oxygen atoms in total. The van der Waals surface area contributed by atoms with Crippen molar-refractivity contribution < 1.29 is 13.2 Å². The first-order valence-electron chi connectivity index (χ1n) is 8.82. The lowest BCUT2D eigenvalue weighted by atomic mass is 9.96. The van der Waals surface area contributed by atoms with E-state index in [1.807, 2.05) is 60.7 Å². The van der Waals surface area contributed by atoms with Gasteiger partial charge in [0.25, 0.3) is 0 Å². The lowest BCUT2D eigenvalue weighted by Gasteiger charge is -2.32. The SMILES string of the molecule is CN(C(=O)C1CCN(S(=O)(=O)Cc2ccccc2)CC1)c1ccccc1. The Labute approximate surface area is 155 Å². The highest BCUT2D eigenvalue weighted by molar-refractivity contribution is 7.88. The zero-order valence-electron chi connectivity index (χ0n) is 14.9. The fourth-order valence-corrected chi connectivity index (χ4v) is 4.87. The number of para-hydroxylation sites is 1. The number of sulfonamides is 1. The van der Waals surface area contributed by atoms with Gasteiger partial charge in [0.05, 0.1) is 5.75 Å². The van der Waals surface area contributed by atoms with E-state index in [1.165, 1.54) is 4.31 Å². The van der Waals surface area contributed by atoms with Crippen molar-refractivity contribution in [3.63, 3.8) is 0 Å². The first-order chi connectivity index (χ1) is 12.5. The van der Waals surface area contributed by atoms with Gasteiger partial charge in [0, 0.05) is 31.7 Å². The van der Waals surface area contributed by atoms with E-state index in [1.54, 1.807) is 11.9 Å². The molecule has 0 atom stereocenters. The quantitative estimate of drug-likeness (QED) is 0.811. The van der Waals surface area contributed by atoms with Crippen LogP contribution in [-0.2, 0) is 20.6 Å². The molecule has 2 aromatic carbocycles. The molecule has 1 amide bonds. The van der Waals surface area contributed by atoms with Gasteiger partial charge in [-0.05, 0) is 30.5 Å². The minimum Gasteiger partial charge on any atom is -0.315 e. The molecule has 0 radical (unpaired) electrons. The van der Waals surface area contributed by atoms with Gasteiger partial charge in [-0.25, -0.2) is 12.7 Å². The number of rotatable bonds is 5. The molecule has 0 bridgehead atoms. The fraction of sp³-hybridized carbons (Fsp3) is 0.350. The average Bonchev–Trinajstić information content (AvgIpc) is 2.68. The van der Waals surface area contributed by atoms with Gasteiger partial charge in [-0.15, -0.1) is 0 Å². The smallest absolute Gasteiger partial charge is 0.229 e. The maximum atomic E-state index is 12.7. The number of piperidine rings is 1. The van der Waals surface area contributed by atoms with Gasteiger partial charge in [0.15, 0.2) is 0 Å². The molecule has 3 rings (SSSR count). The molecule has 6 heteroatoms. The zero-order chi connectivity index (χ0) is 18.6. The van der Waals surface area contributed by atoms with Crippen LogP contribution in [-0.4, -0.2) is 38.8 Å². The molecule has 1 heterocycles. The van der Waals surface area contributed by atoms with E-state index in [4.69, 9.17) is 0 Å². The molecule has 2 aromatic rings. The van der Waals surface area contributed by atoms with Crippen LogP contribution in [0.2, 0.25) is 0 Å². The van der Waals surface area contributed by atoms with E-state index in [0.29, 0.717) is 25.9 Å². The van der Waals surface area contributed by atoms with Crippen LogP contribution in [0.3, 0.4) is 0 Å². The third-order valence-corrected chi connectivity index (χ3v) is 6.71. The molecule has 1 fully saturated rings. The minimum atomic E-state index is -3.35. The standard InChI is InChI=1S/C20H24N2O3S/c1-21(19-10-6-3-7-11-19)20(23)18-12-14-22(15-13-18)26(24,25)16-17-8-4-2-5-9-17/h2-11,18H,12-16H2,1H3. The maximum Gasteiger partial charge on any atom is 0.229 e. The largest absolute Gasteiger partial charge is 0.315 e. The Bertz CT molecular complexity index is 830. The molecule has 0 spiro atoms. The fourth-order valence-electron chi connectivity index (χ4n) is 3.31. The highest BCUT2D eigenvalue weighted by Crippen LogP contribution is 2.25. The summed E-state index contributed by atoms with van der Waals surface area (Å²) in [6, 6.07) is 18.7. The van der Waals surface area contributed by atoms with Crippen LogP contribution >= 0.6 is 0 Å².